The quantitative estimate of drug-likeness (QED) is 0.341. The van der Waals surface area contributed by atoms with Crippen molar-refractivity contribution < 1.29 is 13.9 Å². The molecule has 2 aromatic carbocycles. The molecule has 2 saturated heterocycles. The lowest BCUT2D eigenvalue weighted by molar-refractivity contribution is -0.332. The lowest BCUT2D eigenvalue weighted by atomic mass is 9.84. The summed E-state index contributed by atoms with van der Waals surface area (Å²) >= 11 is 0. The van der Waals surface area contributed by atoms with E-state index in [9.17, 15) is 0 Å². The minimum absolute atomic E-state index is 0.00622. The fraction of sp³-hybridized carbons (Fsp3) is 0.562. The van der Waals surface area contributed by atoms with Gasteiger partial charge in [0.1, 0.15) is 0 Å². The fourth-order valence-corrected chi connectivity index (χ4v) is 10.6. The molecule has 0 radical (unpaired) electrons. The largest absolute Gasteiger partial charge is 0.405 e. The number of rotatable bonds is 6. The second kappa shape index (κ2) is 11.2. The van der Waals surface area contributed by atoms with Crippen molar-refractivity contribution in [3.8, 4) is 11.8 Å². The molecule has 0 saturated carbocycles. The van der Waals surface area contributed by atoms with Crippen LogP contribution in [0.1, 0.15) is 73.6 Å². The molecule has 2 aliphatic heterocycles. The predicted molar refractivity (Wildman–Crippen MR) is 151 cm³/mol. The van der Waals surface area contributed by atoms with Gasteiger partial charge in [-0.2, -0.15) is 0 Å². The molecule has 0 N–H and O–H groups in total. The number of hydrogen-bond acceptors (Lipinski definition) is 3. The average molecular weight is 505 g/mol. The SMILES string of the molecule is CC#CC[C@H]1OC2(CC[C@H](C)[C@H](CO[Si](c3ccccc3)(c3ccccc3)C(C)(C)C)O2)CC[C@@H]1C. The third kappa shape index (κ3) is 5.50. The first kappa shape index (κ1) is 27.1. The smallest absolute Gasteiger partial charge is 0.261 e. The van der Waals surface area contributed by atoms with Crippen molar-refractivity contribution >= 4 is 18.7 Å². The second-order valence-electron chi connectivity index (χ2n) is 11.9. The summed E-state index contributed by atoms with van der Waals surface area (Å²) < 4.78 is 20.9. The van der Waals surface area contributed by atoms with Crippen LogP contribution in [0.4, 0.5) is 0 Å². The van der Waals surface area contributed by atoms with E-state index in [1.807, 2.05) is 6.92 Å². The number of ether oxygens (including phenoxy) is 2. The number of benzene rings is 2. The zero-order valence-electron chi connectivity index (χ0n) is 23.1. The Balaban J connectivity index is 1.62. The van der Waals surface area contributed by atoms with Gasteiger partial charge < -0.3 is 13.9 Å². The van der Waals surface area contributed by atoms with Gasteiger partial charge in [-0.1, -0.05) is 95.3 Å². The normalized spacial score (nSPS) is 28.9. The maximum Gasteiger partial charge on any atom is 0.261 e. The van der Waals surface area contributed by atoms with Crippen LogP contribution in [0.5, 0.6) is 0 Å². The lowest BCUT2D eigenvalue weighted by Crippen LogP contribution is -2.67. The molecule has 0 aliphatic carbocycles. The van der Waals surface area contributed by atoms with Crippen LogP contribution in [-0.4, -0.2) is 32.9 Å². The van der Waals surface area contributed by atoms with Crippen molar-refractivity contribution in [2.24, 2.45) is 11.8 Å². The van der Waals surface area contributed by atoms with Crippen LogP contribution >= 0.6 is 0 Å². The maximum atomic E-state index is 7.26. The van der Waals surface area contributed by atoms with Crippen molar-refractivity contribution in [3.05, 3.63) is 60.7 Å². The Hall–Kier alpha value is -1.90. The van der Waals surface area contributed by atoms with Crippen LogP contribution < -0.4 is 10.4 Å². The van der Waals surface area contributed by atoms with Crippen molar-refractivity contribution in [1.82, 2.24) is 0 Å². The van der Waals surface area contributed by atoms with Crippen LogP contribution in [0.3, 0.4) is 0 Å². The highest BCUT2D eigenvalue weighted by Crippen LogP contribution is 2.44. The topological polar surface area (TPSA) is 27.7 Å². The van der Waals surface area contributed by atoms with Crippen molar-refractivity contribution in [3.63, 3.8) is 0 Å². The molecule has 4 rings (SSSR count). The van der Waals surface area contributed by atoms with Gasteiger partial charge in [-0.3, -0.25) is 0 Å². The van der Waals surface area contributed by atoms with Crippen LogP contribution in [0.25, 0.3) is 0 Å². The average Bonchev–Trinajstić information content (AvgIpc) is 2.87. The molecule has 0 bridgehead atoms. The molecule has 36 heavy (non-hydrogen) atoms. The van der Waals surface area contributed by atoms with Gasteiger partial charge in [0, 0.05) is 19.3 Å². The molecule has 3 nitrogen and oxygen atoms in total. The highest BCUT2D eigenvalue weighted by Gasteiger charge is 2.52. The monoisotopic (exact) mass is 504 g/mol. The fourth-order valence-electron chi connectivity index (χ4n) is 6.05. The Morgan fingerprint density at radius 1 is 0.861 bits per heavy atom. The molecule has 0 aromatic heterocycles. The van der Waals surface area contributed by atoms with E-state index >= 15 is 0 Å². The van der Waals surface area contributed by atoms with Gasteiger partial charge in [-0.15, -0.1) is 11.8 Å². The summed E-state index contributed by atoms with van der Waals surface area (Å²) in [6.45, 7) is 14.1. The van der Waals surface area contributed by atoms with Crippen LogP contribution in [-0.2, 0) is 13.9 Å². The molecular weight excluding hydrogens is 460 g/mol. The first-order valence-electron chi connectivity index (χ1n) is 13.7. The highest BCUT2D eigenvalue weighted by molar-refractivity contribution is 6.99. The molecule has 2 heterocycles. The van der Waals surface area contributed by atoms with E-state index in [0.717, 1.165) is 32.1 Å². The Morgan fingerprint density at radius 2 is 1.36 bits per heavy atom. The zero-order chi connectivity index (χ0) is 25.8. The highest BCUT2D eigenvalue weighted by atomic mass is 28.4. The Bertz CT molecular complexity index is 992. The molecular formula is C32H44O3Si. The summed E-state index contributed by atoms with van der Waals surface area (Å²) in [4.78, 5) is 0. The van der Waals surface area contributed by atoms with E-state index in [1.54, 1.807) is 0 Å². The molecule has 5 atom stereocenters. The van der Waals surface area contributed by atoms with Crippen molar-refractivity contribution in [1.29, 1.82) is 0 Å². The lowest BCUT2D eigenvalue weighted by Gasteiger charge is -2.50. The van der Waals surface area contributed by atoms with Gasteiger partial charge in [-0.05, 0) is 47.0 Å². The van der Waals surface area contributed by atoms with E-state index in [1.165, 1.54) is 10.4 Å². The Morgan fingerprint density at radius 3 is 1.86 bits per heavy atom. The molecule has 2 aliphatic rings. The predicted octanol–water partition coefficient (Wildman–Crippen LogP) is 6.30. The van der Waals surface area contributed by atoms with E-state index in [-0.39, 0.29) is 17.2 Å². The minimum Gasteiger partial charge on any atom is -0.405 e. The zero-order valence-corrected chi connectivity index (χ0v) is 24.1. The summed E-state index contributed by atoms with van der Waals surface area (Å²) in [7, 11) is -2.61. The molecule has 2 aromatic rings. The van der Waals surface area contributed by atoms with Crippen LogP contribution in [0.15, 0.2) is 60.7 Å². The van der Waals surface area contributed by atoms with Gasteiger partial charge in [0.15, 0.2) is 5.79 Å². The molecule has 1 spiro atoms. The first-order valence-corrected chi connectivity index (χ1v) is 15.6. The van der Waals surface area contributed by atoms with Gasteiger partial charge >= 0.3 is 0 Å². The van der Waals surface area contributed by atoms with Crippen molar-refractivity contribution in [2.45, 2.75) is 96.7 Å². The van der Waals surface area contributed by atoms with E-state index < -0.39 is 14.1 Å². The van der Waals surface area contributed by atoms with Crippen LogP contribution in [0.2, 0.25) is 5.04 Å². The van der Waals surface area contributed by atoms with Crippen LogP contribution in [0, 0.1) is 23.7 Å². The molecule has 194 valence electrons. The first-order chi connectivity index (χ1) is 17.2. The third-order valence-electron chi connectivity index (χ3n) is 8.32. The van der Waals surface area contributed by atoms with E-state index in [2.05, 4.69) is 107 Å². The van der Waals surface area contributed by atoms with E-state index in [0.29, 0.717) is 18.4 Å². The summed E-state index contributed by atoms with van der Waals surface area (Å²) in [5, 5.41) is 2.57. The molecule has 0 amide bonds. The van der Waals surface area contributed by atoms with Gasteiger partial charge in [0.25, 0.3) is 8.32 Å². The van der Waals surface area contributed by atoms with Gasteiger partial charge in [-0.25, -0.2) is 0 Å². The summed E-state index contributed by atoms with van der Waals surface area (Å²) in [6, 6.07) is 21.7. The van der Waals surface area contributed by atoms with E-state index in [4.69, 9.17) is 13.9 Å². The molecule has 2 fully saturated rings. The van der Waals surface area contributed by atoms with Gasteiger partial charge in [0.05, 0.1) is 18.8 Å². The summed E-state index contributed by atoms with van der Waals surface area (Å²) in [5.74, 6) is 6.70. The summed E-state index contributed by atoms with van der Waals surface area (Å²) in [5.41, 5.74) is 0. The summed E-state index contributed by atoms with van der Waals surface area (Å²) in [6.07, 6.45) is 5.03. The minimum atomic E-state index is -2.61. The Kier molecular flexibility index (Phi) is 8.47. The Labute approximate surface area is 220 Å². The maximum absolute atomic E-state index is 7.26. The number of hydrogen-bond donors (Lipinski definition) is 0. The van der Waals surface area contributed by atoms with Crippen molar-refractivity contribution in [2.75, 3.05) is 6.61 Å². The third-order valence-corrected chi connectivity index (χ3v) is 13.3. The van der Waals surface area contributed by atoms with Gasteiger partial charge in [0.2, 0.25) is 0 Å². The standard InChI is InChI=1S/C32H44O3Si/c1-7-8-19-29-25(2)20-22-32(34-29)23-21-26(3)30(35-32)24-33-36(31(4,5)6,27-15-11-9-12-16-27)28-17-13-10-14-18-28/h9-18,25-26,29-30H,19-24H2,1-6H3/t25-,26-,29+,30-,32?/m0/s1. The second-order valence-corrected chi connectivity index (χ2v) is 16.2. The molecule has 4 heteroatoms. The molecule has 1 unspecified atom stereocenters.